The largest absolute Gasteiger partial charge is 0.481 e. The highest BCUT2D eigenvalue weighted by Gasteiger charge is 2.20. The molecule has 0 saturated heterocycles. The number of non-ortho nitro benzene ring substituents is 1. The molecule has 0 saturated carbocycles. The Hall–Kier alpha value is -2.60. The van der Waals surface area contributed by atoms with E-state index >= 15 is 0 Å². The van der Waals surface area contributed by atoms with Gasteiger partial charge in [-0.05, 0) is 31.5 Å². The van der Waals surface area contributed by atoms with Gasteiger partial charge in [-0.3, -0.25) is 14.9 Å². The lowest BCUT2D eigenvalue weighted by molar-refractivity contribution is -0.384. The zero-order valence-corrected chi connectivity index (χ0v) is 14.0. The number of carbonyl (C=O) groups is 1. The van der Waals surface area contributed by atoms with E-state index in [0.29, 0.717) is 12.2 Å². The van der Waals surface area contributed by atoms with Gasteiger partial charge in [-0.2, -0.15) is 0 Å². The number of halogens is 1. The Morgan fingerprint density at radius 1 is 1.29 bits per heavy atom. The number of nitro groups is 1. The van der Waals surface area contributed by atoms with E-state index in [0.717, 1.165) is 5.56 Å². The van der Waals surface area contributed by atoms with Gasteiger partial charge in [-0.15, -0.1) is 0 Å². The van der Waals surface area contributed by atoms with Gasteiger partial charge in [0.05, 0.1) is 15.6 Å². The Kier molecular flexibility index (Phi) is 5.76. The zero-order chi connectivity index (χ0) is 17.7. The van der Waals surface area contributed by atoms with Crippen molar-refractivity contribution < 1.29 is 14.5 Å². The molecule has 1 atom stereocenters. The smallest absolute Gasteiger partial charge is 0.271 e. The van der Waals surface area contributed by atoms with Crippen LogP contribution in [0.2, 0.25) is 5.02 Å². The molecule has 126 valence electrons. The fraction of sp³-hybridized carbons (Fsp3) is 0.235. The summed E-state index contributed by atoms with van der Waals surface area (Å²) in [5.41, 5.74) is 1.12. The van der Waals surface area contributed by atoms with Crippen LogP contribution in [-0.2, 0) is 4.79 Å². The van der Waals surface area contributed by atoms with Crippen LogP contribution in [0.5, 0.6) is 5.75 Å². The van der Waals surface area contributed by atoms with E-state index in [1.807, 2.05) is 26.0 Å². The van der Waals surface area contributed by atoms with Crippen LogP contribution < -0.4 is 10.1 Å². The molecule has 0 aromatic heterocycles. The van der Waals surface area contributed by atoms with E-state index < -0.39 is 16.9 Å². The fourth-order valence-electron chi connectivity index (χ4n) is 2.04. The van der Waals surface area contributed by atoms with Crippen LogP contribution in [0, 0.1) is 17.0 Å². The lowest BCUT2D eigenvalue weighted by atomic mass is 10.2. The summed E-state index contributed by atoms with van der Waals surface area (Å²) in [7, 11) is 0. The minimum atomic E-state index is -0.733. The molecule has 0 bridgehead atoms. The normalized spacial score (nSPS) is 11.6. The Morgan fingerprint density at radius 2 is 1.96 bits per heavy atom. The molecule has 6 nitrogen and oxygen atoms in total. The highest BCUT2D eigenvalue weighted by Crippen LogP contribution is 2.27. The van der Waals surface area contributed by atoms with Crippen LogP contribution in [-0.4, -0.2) is 16.9 Å². The van der Waals surface area contributed by atoms with Crippen molar-refractivity contribution in [2.24, 2.45) is 0 Å². The molecule has 0 spiro atoms. The van der Waals surface area contributed by atoms with Gasteiger partial charge in [0, 0.05) is 12.1 Å². The number of carbonyl (C=O) groups excluding carboxylic acids is 1. The first-order valence-corrected chi connectivity index (χ1v) is 7.76. The van der Waals surface area contributed by atoms with E-state index in [1.54, 1.807) is 12.1 Å². The minimum Gasteiger partial charge on any atom is -0.481 e. The van der Waals surface area contributed by atoms with Crippen molar-refractivity contribution >= 4 is 28.9 Å². The molecule has 1 amide bonds. The number of benzene rings is 2. The quantitative estimate of drug-likeness (QED) is 0.621. The Morgan fingerprint density at radius 3 is 2.54 bits per heavy atom. The predicted molar refractivity (Wildman–Crippen MR) is 92.6 cm³/mol. The molecule has 2 aromatic carbocycles. The summed E-state index contributed by atoms with van der Waals surface area (Å²) in [4.78, 5) is 22.7. The summed E-state index contributed by atoms with van der Waals surface area (Å²) in [6.45, 7) is 3.77. The number of amides is 1. The molecule has 0 radical (unpaired) electrons. The van der Waals surface area contributed by atoms with Crippen molar-refractivity contribution in [3.63, 3.8) is 0 Å². The van der Waals surface area contributed by atoms with Crippen molar-refractivity contribution in [1.82, 2.24) is 0 Å². The minimum absolute atomic E-state index is 0.151. The molecule has 7 heteroatoms. The molecular weight excluding hydrogens is 332 g/mol. The second kappa shape index (κ2) is 7.79. The first kappa shape index (κ1) is 17.7. The van der Waals surface area contributed by atoms with Crippen molar-refractivity contribution in [3.05, 3.63) is 63.2 Å². The third kappa shape index (κ3) is 4.45. The molecule has 2 aromatic rings. The topological polar surface area (TPSA) is 81.5 Å². The van der Waals surface area contributed by atoms with Gasteiger partial charge in [0.1, 0.15) is 5.75 Å². The maximum Gasteiger partial charge on any atom is 0.271 e. The predicted octanol–water partition coefficient (Wildman–Crippen LogP) is 4.35. The van der Waals surface area contributed by atoms with Gasteiger partial charge in [0.2, 0.25) is 0 Å². The maximum absolute atomic E-state index is 12.4. The average molecular weight is 349 g/mol. The van der Waals surface area contributed by atoms with Gasteiger partial charge in [-0.1, -0.05) is 36.2 Å². The van der Waals surface area contributed by atoms with Gasteiger partial charge < -0.3 is 10.1 Å². The molecule has 0 fully saturated rings. The van der Waals surface area contributed by atoms with E-state index in [4.69, 9.17) is 16.3 Å². The van der Waals surface area contributed by atoms with E-state index in [-0.39, 0.29) is 16.4 Å². The summed E-state index contributed by atoms with van der Waals surface area (Å²) in [5.74, 6) is 0.160. The van der Waals surface area contributed by atoms with Gasteiger partial charge in [-0.25, -0.2) is 0 Å². The second-order valence-corrected chi connectivity index (χ2v) is 5.65. The summed E-state index contributed by atoms with van der Waals surface area (Å²) < 4.78 is 5.68. The summed E-state index contributed by atoms with van der Waals surface area (Å²) in [6.07, 6.45) is -0.297. The molecule has 0 aliphatic carbocycles. The SMILES string of the molecule is CC[C@H](Oc1ccc(C)cc1)C(=O)Nc1cc([N+](=O)[O-])ccc1Cl. The molecular formula is C17H17ClN2O4. The number of hydrogen-bond acceptors (Lipinski definition) is 4. The Labute approximate surface area is 144 Å². The zero-order valence-electron chi connectivity index (χ0n) is 13.3. The first-order chi connectivity index (χ1) is 11.4. The van der Waals surface area contributed by atoms with E-state index in [9.17, 15) is 14.9 Å². The third-order valence-corrected chi connectivity index (χ3v) is 3.71. The monoisotopic (exact) mass is 348 g/mol. The van der Waals surface area contributed by atoms with Crippen molar-refractivity contribution in [3.8, 4) is 5.75 Å². The van der Waals surface area contributed by atoms with Gasteiger partial charge in [0.15, 0.2) is 6.10 Å². The summed E-state index contributed by atoms with van der Waals surface area (Å²) >= 11 is 5.99. The molecule has 1 N–H and O–H groups in total. The highest BCUT2D eigenvalue weighted by molar-refractivity contribution is 6.33. The van der Waals surface area contributed by atoms with Crippen LogP contribution in [0.1, 0.15) is 18.9 Å². The standard InChI is InChI=1S/C17H17ClN2O4/c1-3-16(24-13-7-4-11(2)5-8-13)17(21)19-15-10-12(20(22)23)6-9-14(15)18/h4-10,16H,3H2,1-2H3,(H,19,21)/t16-/m0/s1. The van der Waals surface area contributed by atoms with Gasteiger partial charge in [0.25, 0.3) is 11.6 Å². The van der Waals surface area contributed by atoms with Gasteiger partial charge >= 0.3 is 0 Å². The maximum atomic E-state index is 12.4. The Balaban J connectivity index is 2.13. The molecule has 24 heavy (non-hydrogen) atoms. The van der Waals surface area contributed by atoms with Crippen molar-refractivity contribution in [2.75, 3.05) is 5.32 Å². The van der Waals surface area contributed by atoms with Crippen LogP contribution in [0.15, 0.2) is 42.5 Å². The molecule has 0 aliphatic heterocycles. The first-order valence-electron chi connectivity index (χ1n) is 7.39. The lowest BCUT2D eigenvalue weighted by Crippen LogP contribution is -2.32. The van der Waals surface area contributed by atoms with E-state index in [1.165, 1.54) is 18.2 Å². The summed E-state index contributed by atoms with van der Waals surface area (Å²) in [6, 6.07) is 11.2. The summed E-state index contributed by atoms with van der Waals surface area (Å²) in [5, 5.41) is 13.6. The number of rotatable bonds is 6. The second-order valence-electron chi connectivity index (χ2n) is 5.24. The number of nitrogens with one attached hydrogen (secondary N) is 1. The van der Waals surface area contributed by atoms with E-state index in [2.05, 4.69) is 5.32 Å². The highest BCUT2D eigenvalue weighted by atomic mass is 35.5. The van der Waals surface area contributed by atoms with Crippen LogP contribution >= 0.6 is 11.6 Å². The average Bonchev–Trinajstić information content (AvgIpc) is 2.56. The number of ether oxygens (including phenoxy) is 1. The number of aryl methyl sites for hydroxylation is 1. The molecule has 0 heterocycles. The van der Waals surface area contributed by atoms with Crippen molar-refractivity contribution in [1.29, 1.82) is 0 Å². The molecule has 0 aliphatic rings. The van der Waals surface area contributed by atoms with Crippen LogP contribution in [0.25, 0.3) is 0 Å². The molecule has 0 unspecified atom stereocenters. The fourth-order valence-corrected chi connectivity index (χ4v) is 2.20. The number of nitro benzene ring substituents is 1. The van der Waals surface area contributed by atoms with Crippen LogP contribution in [0.3, 0.4) is 0 Å². The Bertz CT molecular complexity index is 747. The van der Waals surface area contributed by atoms with Crippen molar-refractivity contribution in [2.45, 2.75) is 26.4 Å². The number of nitrogens with zero attached hydrogens (tertiary/aromatic N) is 1. The number of hydrogen-bond donors (Lipinski definition) is 1. The number of anilines is 1. The third-order valence-electron chi connectivity index (χ3n) is 3.38. The lowest BCUT2D eigenvalue weighted by Gasteiger charge is -2.17. The molecule has 2 rings (SSSR count). The van der Waals surface area contributed by atoms with Crippen LogP contribution in [0.4, 0.5) is 11.4 Å².